The fraction of sp³-hybridized carbons (Fsp3) is 0.0952. The quantitative estimate of drug-likeness (QED) is 0.389. The summed E-state index contributed by atoms with van der Waals surface area (Å²) in [5.41, 5.74) is 8.03. The van der Waals surface area contributed by atoms with E-state index in [1.807, 2.05) is 28.8 Å². The second-order valence-electron chi connectivity index (χ2n) is 6.52. The van der Waals surface area contributed by atoms with Gasteiger partial charge in [-0.05, 0) is 54.1 Å². The summed E-state index contributed by atoms with van der Waals surface area (Å²) in [5.74, 6) is 0.617. The second kappa shape index (κ2) is 8.63. The lowest BCUT2D eigenvalue weighted by molar-refractivity contribution is 0.0995. The predicted molar refractivity (Wildman–Crippen MR) is 120 cm³/mol. The van der Waals surface area contributed by atoms with E-state index in [9.17, 15) is 4.79 Å². The van der Waals surface area contributed by atoms with Crippen LogP contribution in [0.15, 0.2) is 59.2 Å². The number of carbonyl (C=O) groups is 1. The van der Waals surface area contributed by atoms with E-state index in [1.54, 1.807) is 18.2 Å². The van der Waals surface area contributed by atoms with E-state index in [2.05, 4.69) is 20.9 Å². The number of primary amides is 1. The van der Waals surface area contributed by atoms with Gasteiger partial charge in [-0.3, -0.25) is 4.79 Å². The van der Waals surface area contributed by atoms with Crippen molar-refractivity contribution in [2.24, 2.45) is 5.73 Å². The molecule has 2 aromatic carbocycles. The van der Waals surface area contributed by atoms with Crippen LogP contribution in [0.1, 0.15) is 21.9 Å². The van der Waals surface area contributed by atoms with Crippen LogP contribution < -0.4 is 10.5 Å². The highest BCUT2D eigenvalue weighted by molar-refractivity contribution is 9.10. The van der Waals surface area contributed by atoms with E-state index < -0.39 is 5.91 Å². The third-order valence-corrected chi connectivity index (χ3v) is 5.58. The first-order valence-electron chi connectivity index (χ1n) is 8.88. The van der Waals surface area contributed by atoms with Crippen molar-refractivity contribution in [2.45, 2.75) is 13.2 Å². The average molecular weight is 506 g/mol. The Labute approximate surface area is 190 Å². The largest absolute Gasteiger partial charge is 0.484 e. The molecule has 30 heavy (non-hydrogen) atoms. The fourth-order valence-corrected chi connectivity index (χ4v) is 3.75. The number of fused-ring (bicyclic) bond motifs is 1. The van der Waals surface area contributed by atoms with Gasteiger partial charge in [0.15, 0.2) is 0 Å². The van der Waals surface area contributed by atoms with Crippen molar-refractivity contribution in [1.29, 1.82) is 0 Å². The lowest BCUT2D eigenvalue weighted by Gasteiger charge is -2.12. The first-order chi connectivity index (χ1) is 14.4. The molecule has 152 valence electrons. The van der Waals surface area contributed by atoms with E-state index >= 15 is 0 Å². The Morgan fingerprint density at radius 1 is 1.13 bits per heavy atom. The van der Waals surface area contributed by atoms with Gasteiger partial charge in [-0.2, -0.15) is 0 Å². The fourth-order valence-electron chi connectivity index (χ4n) is 3.03. The molecule has 0 saturated heterocycles. The van der Waals surface area contributed by atoms with E-state index in [0.717, 1.165) is 21.1 Å². The molecule has 0 aliphatic rings. The van der Waals surface area contributed by atoms with Crippen molar-refractivity contribution in [2.75, 3.05) is 0 Å². The SMILES string of the molecule is NC(=O)c1ccc(OCc2nc3ccc(Br)cc3n2Cc2cc(Cl)ccc2Cl)cn1. The molecule has 0 fully saturated rings. The molecular formula is C21H15BrCl2N4O2. The van der Waals surface area contributed by atoms with Crippen LogP contribution in [-0.2, 0) is 13.2 Å². The number of pyridine rings is 1. The lowest BCUT2D eigenvalue weighted by Crippen LogP contribution is -2.13. The minimum atomic E-state index is -0.590. The van der Waals surface area contributed by atoms with Crippen molar-refractivity contribution in [3.8, 4) is 5.75 Å². The second-order valence-corrected chi connectivity index (χ2v) is 8.27. The average Bonchev–Trinajstić information content (AvgIpc) is 3.06. The maximum Gasteiger partial charge on any atom is 0.267 e. The number of ether oxygens (including phenoxy) is 1. The number of nitrogens with two attached hydrogens (primary N) is 1. The molecule has 9 heteroatoms. The zero-order valence-electron chi connectivity index (χ0n) is 15.5. The van der Waals surface area contributed by atoms with E-state index in [1.165, 1.54) is 12.3 Å². The zero-order chi connectivity index (χ0) is 21.3. The normalized spacial score (nSPS) is 11.0. The Hall–Kier alpha value is -2.61. The van der Waals surface area contributed by atoms with Crippen molar-refractivity contribution >= 4 is 56.1 Å². The van der Waals surface area contributed by atoms with Crippen LogP contribution in [0.25, 0.3) is 11.0 Å². The van der Waals surface area contributed by atoms with Gasteiger partial charge in [-0.25, -0.2) is 9.97 Å². The van der Waals surface area contributed by atoms with Gasteiger partial charge in [0.1, 0.15) is 23.9 Å². The van der Waals surface area contributed by atoms with Crippen LogP contribution >= 0.6 is 39.1 Å². The maximum absolute atomic E-state index is 11.2. The molecule has 2 heterocycles. The molecular weight excluding hydrogens is 491 g/mol. The Balaban J connectivity index is 1.67. The number of carbonyl (C=O) groups excluding carboxylic acids is 1. The van der Waals surface area contributed by atoms with Gasteiger partial charge in [0, 0.05) is 14.5 Å². The van der Waals surface area contributed by atoms with Crippen LogP contribution in [0, 0.1) is 0 Å². The predicted octanol–water partition coefficient (Wildman–Crippen LogP) is 5.23. The summed E-state index contributed by atoms with van der Waals surface area (Å²) in [6.45, 7) is 0.673. The number of nitrogens with zero attached hydrogens (tertiary/aromatic N) is 3. The summed E-state index contributed by atoms with van der Waals surface area (Å²) in [7, 11) is 0. The molecule has 0 saturated carbocycles. The Bertz CT molecular complexity index is 1240. The highest BCUT2D eigenvalue weighted by atomic mass is 79.9. The number of benzene rings is 2. The smallest absolute Gasteiger partial charge is 0.267 e. The van der Waals surface area contributed by atoms with Gasteiger partial charge >= 0.3 is 0 Å². The number of hydrogen-bond donors (Lipinski definition) is 1. The molecule has 2 N–H and O–H groups in total. The number of halogens is 3. The minimum absolute atomic E-state index is 0.176. The highest BCUT2D eigenvalue weighted by Gasteiger charge is 2.14. The minimum Gasteiger partial charge on any atom is -0.484 e. The standard InChI is InChI=1S/C21H15BrCl2N4O2/c22-13-1-5-17-19(8-13)28(10-12-7-14(23)2-4-16(12)24)20(27-17)11-30-15-3-6-18(21(25)29)26-9-15/h1-9H,10-11H2,(H2,25,29). The molecule has 4 aromatic rings. The molecule has 0 radical (unpaired) electrons. The Morgan fingerprint density at radius 3 is 2.70 bits per heavy atom. The molecule has 2 aromatic heterocycles. The summed E-state index contributed by atoms with van der Waals surface area (Å²) in [6, 6.07) is 14.4. The summed E-state index contributed by atoms with van der Waals surface area (Å²) in [6.07, 6.45) is 1.46. The Morgan fingerprint density at radius 2 is 1.97 bits per heavy atom. The van der Waals surface area contributed by atoms with Crippen molar-refractivity contribution in [3.63, 3.8) is 0 Å². The van der Waals surface area contributed by atoms with Crippen LogP contribution in [0.4, 0.5) is 0 Å². The van der Waals surface area contributed by atoms with E-state index in [4.69, 9.17) is 38.7 Å². The van der Waals surface area contributed by atoms with Crippen molar-refractivity contribution < 1.29 is 9.53 Å². The van der Waals surface area contributed by atoms with E-state index in [0.29, 0.717) is 28.2 Å². The number of amides is 1. The van der Waals surface area contributed by atoms with Crippen molar-refractivity contribution in [3.05, 3.63) is 86.3 Å². The summed E-state index contributed by atoms with van der Waals surface area (Å²) in [5, 5.41) is 1.23. The lowest BCUT2D eigenvalue weighted by atomic mass is 10.2. The molecule has 1 amide bonds. The number of hydrogen-bond acceptors (Lipinski definition) is 4. The van der Waals surface area contributed by atoms with Crippen LogP contribution in [0.2, 0.25) is 10.0 Å². The van der Waals surface area contributed by atoms with Gasteiger partial charge in [0.05, 0.1) is 23.8 Å². The first kappa shape index (κ1) is 20.7. The Kier molecular flexibility index (Phi) is 5.94. The van der Waals surface area contributed by atoms with Gasteiger partial charge in [-0.1, -0.05) is 39.1 Å². The highest BCUT2D eigenvalue weighted by Crippen LogP contribution is 2.27. The monoisotopic (exact) mass is 504 g/mol. The van der Waals surface area contributed by atoms with Crippen LogP contribution in [0.5, 0.6) is 5.75 Å². The summed E-state index contributed by atoms with van der Waals surface area (Å²) >= 11 is 16.1. The number of aromatic nitrogens is 3. The van der Waals surface area contributed by atoms with Gasteiger partial charge in [0.25, 0.3) is 5.91 Å². The van der Waals surface area contributed by atoms with Gasteiger partial charge < -0.3 is 15.0 Å². The van der Waals surface area contributed by atoms with Gasteiger partial charge in [-0.15, -0.1) is 0 Å². The summed E-state index contributed by atoms with van der Waals surface area (Å²) < 4.78 is 8.82. The van der Waals surface area contributed by atoms with Gasteiger partial charge in [0.2, 0.25) is 0 Å². The van der Waals surface area contributed by atoms with Crippen molar-refractivity contribution in [1.82, 2.24) is 14.5 Å². The molecule has 0 aliphatic carbocycles. The third kappa shape index (κ3) is 4.43. The maximum atomic E-state index is 11.2. The summed E-state index contributed by atoms with van der Waals surface area (Å²) in [4.78, 5) is 19.9. The number of imidazole rings is 1. The number of rotatable bonds is 6. The topological polar surface area (TPSA) is 83.0 Å². The molecule has 0 bridgehead atoms. The molecule has 0 atom stereocenters. The zero-order valence-corrected chi connectivity index (χ0v) is 18.6. The first-order valence-corrected chi connectivity index (χ1v) is 10.4. The van der Waals surface area contributed by atoms with Crippen LogP contribution in [0.3, 0.4) is 0 Å². The molecule has 4 rings (SSSR count). The van der Waals surface area contributed by atoms with Crippen LogP contribution in [-0.4, -0.2) is 20.4 Å². The molecule has 6 nitrogen and oxygen atoms in total. The molecule has 0 aliphatic heterocycles. The third-order valence-electron chi connectivity index (χ3n) is 4.48. The van der Waals surface area contributed by atoms with E-state index in [-0.39, 0.29) is 12.3 Å². The molecule has 0 spiro atoms. The molecule has 0 unspecified atom stereocenters.